The summed E-state index contributed by atoms with van der Waals surface area (Å²) in [5, 5.41) is 0.695. The van der Waals surface area contributed by atoms with Gasteiger partial charge in [-0.3, -0.25) is 4.79 Å². The molecule has 8 heavy (non-hydrogen) atoms. The first-order valence-corrected chi connectivity index (χ1v) is 3.38. The first kappa shape index (κ1) is 6.04. The van der Waals surface area contributed by atoms with Crippen LogP contribution in [0.4, 0.5) is 0 Å². The largest absolute Gasteiger partial charge is 0.367 e. The molecule has 1 rings (SSSR count). The Hall–Kier alpha value is -0.0900. The van der Waals surface area contributed by atoms with Crippen molar-refractivity contribution in [1.29, 1.82) is 0 Å². The average Bonchev–Trinajstić information content (AvgIpc) is 2.42. The van der Waals surface area contributed by atoms with Crippen molar-refractivity contribution in [2.24, 2.45) is 5.73 Å². The third-order valence-electron chi connectivity index (χ3n) is 1.01. The lowest BCUT2D eigenvalue weighted by atomic mass is 10.3. The summed E-state index contributed by atoms with van der Waals surface area (Å²) >= 11 is 3.15. The van der Waals surface area contributed by atoms with Crippen LogP contribution in [-0.2, 0) is 9.53 Å². The molecule has 4 heteroatoms. The minimum absolute atomic E-state index is 0.0347. The Labute approximate surface area is 55.3 Å². The van der Waals surface area contributed by atoms with Gasteiger partial charge < -0.3 is 10.5 Å². The molecule has 1 heterocycles. The Morgan fingerprint density at radius 2 is 2.50 bits per heavy atom. The first-order valence-electron chi connectivity index (χ1n) is 2.26. The summed E-state index contributed by atoms with van der Waals surface area (Å²) < 4.78 is 4.81. The van der Waals surface area contributed by atoms with Gasteiger partial charge in [0.1, 0.15) is 6.10 Å². The number of alkyl halides is 1. The van der Waals surface area contributed by atoms with Gasteiger partial charge in [0.15, 0.2) is 6.10 Å². The quantitative estimate of drug-likeness (QED) is 0.465. The van der Waals surface area contributed by atoms with Crippen LogP contribution < -0.4 is 5.73 Å². The van der Waals surface area contributed by atoms with Crippen LogP contribution in [0.2, 0.25) is 0 Å². The third-order valence-corrected chi connectivity index (χ3v) is 1.65. The predicted octanol–water partition coefficient (Wildman–Crippen LogP) is -0.366. The molecule has 0 bridgehead atoms. The van der Waals surface area contributed by atoms with Gasteiger partial charge in [-0.05, 0) is 0 Å². The molecule has 0 radical (unpaired) electrons. The molecule has 1 amide bonds. The van der Waals surface area contributed by atoms with E-state index in [1.807, 2.05) is 0 Å². The molecule has 3 nitrogen and oxygen atoms in total. The number of nitrogens with two attached hydrogens (primary N) is 1. The van der Waals surface area contributed by atoms with Gasteiger partial charge >= 0.3 is 0 Å². The van der Waals surface area contributed by atoms with Crippen LogP contribution in [0.5, 0.6) is 0 Å². The molecule has 0 saturated carbocycles. The second-order valence-electron chi connectivity index (χ2n) is 1.65. The van der Waals surface area contributed by atoms with Gasteiger partial charge in [-0.2, -0.15) is 0 Å². The highest BCUT2D eigenvalue weighted by molar-refractivity contribution is 9.09. The molecule has 2 N–H and O–H groups in total. The number of halogens is 1. The van der Waals surface area contributed by atoms with Gasteiger partial charge in [-0.25, -0.2) is 0 Å². The van der Waals surface area contributed by atoms with Crippen LogP contribution in [0, 0.1) is 0 Å². The third kappa shape index (κ3) is 1.00. The van der Waals surface area contributed by atoms with E-state index < -0.39 is 0 Å². The van der Waals surface area contributed by atoms with Crippen molar-refractivity contribution in [3.05, 3.63) is 0 Å². The van der Waals surface area contributed by atoms with E-state index in [0.717, 1.165) is 0 Å². The van der Waals surface area contributed by atoms with Crippen molar-refractivity contribution in [2.45, 2.75) is 12.2 Å². The van der Waals surface area contributed by atoms with Crippen molar-refractivity contribution >= 4 is 21.8 Å². The Morgan fingerprint density at radius 3 is 2.62 bits per heavy atom. The van der Waals surface area contributed by atoms with Crippen LogP contribution in [0.3, 0.4) is 0 Å². The van der Waals surface area contributed by atoms with Gasteiger partial charge in [0.25, 0.3) is 0 Å². The maximum absolute atomic E-state index is 10.2. The zero-order valence-corrected chi connectivity index (χ0v) is 5.72. The lowest BCUT2D eigenvalue weighted by Gasteiger charge is -1.78. The van der Waals surface area contributed by atoms with E-state index in [-0.39, 0.29) is 18.1 Å². The zero-order chi connectivity index (χ0) is 6.15. The fraction of sp³-hybridized carbons (Fsp3) is 0.750. The average molecular weight is 180 g/mol. The molecular weight excluding hydrogens is 174 g/mol. The SMILES string of the molecule is NC(=O)[C@@H]1O[C@H]1CBr. The maximum atomic E-state index is 10.2. The standard InChI is InChI=1S/C4H6BrNO2/c5-1-2-3(8-2)4(6)7/h2-3H,1H2,(H2,6,7)/t2-,3+/m0/s1. The molecule has 46 valence electrons. The second-order valence-corrected chi connectivity index (χ2v) is 2.30. The molecule has 0 aromatic heterocycles. The van der Waals surface area contributed by atoms with E-state index in [1.165, 1.54) is 0 Å². The van der Waals surface area contributed by atoms with Crippen LogP contribution in [-0.4, -0.2) is 23.4 Å². The smallest absolute Gasteiger partial charge is 0.249 e. The van der Waals surface area contributed by atoms with Gasteiger partial charge in [-0.15, -0.1) is 0 Å². The maximum Gasteiger partial charge on any atom is 0.249 e. The van der Waals surface area contributed by atoms with Crippen LogP contribution in [0.1, 0.15) is 0 Å². The minimum atomic E-state index is -0.366. The van der Waals surface area contributed by atoms with Gasteiger partial charge in [-0.1, -0.05) is 15.9 Å². The van der Waals surface area contributed by atoms with Crippen molar-refractivity contribution in [3.63, 3.8) is 0 Å². The number of epoxide rings is 1. The summed E-state index contributed by atoms with van der Waals surface area (Å²) in [5.74, 6) is -0.366. The van der Waals surface area contributed by atoms with E-state index in [1.54, 1.807) is 0 Å². The number of hydrogen-bond acceptors (Lipinski definition) is 2. The molecule has 1 aliphatic heterocycles. The number of rotatable bonds is 2. The van der Waals surface area contributed by atoms with E-state index in [2.05, 4.69) is 15.9 Å². The molecule has 0 spiro atoms. The molecule has 1 saturated heterocycles. The van der Waals surface area contributed by atoms with Crippen molar-refractivity contribution in [2.75, 3.05) is 5.33 Å². The first-order chi connectivity index (χ1) is 3.75. The van der Waals surface area contributed by atoms with Gasteiger partial charge in [0, 0.05) is 5.33 Å². The fourth-order valence-corrected chi connectivity index (χ4v) is 1.00. The molecule has 1 fully saturated rings. The normalized spacial score (nSPS) is 34.6. The Kier molecular flexibility index (Phi) is 1.53. The Morgan fingerprint density at radius 1 is 1.88 bits per heavy atom. The number of hydrogen-bond donors (Lipinski definition) is 1. The van der Waals surface area contributed by atoms with Gasteiger partial charge in [0.05, 0.1) is 0 Å². The molecule has 1 aliphatic rings. The van der Waals surface area contributed by atoms with Crippen LogP contribution in [0.25, 0.3) is 0 Å². The topological polar surface area (TPSA) is 55.6 Å². The molecule has 0 aliphatic carbocycles. The molecule has 0 aromatic rings. The monoisotopic (exact) mass is 179 g/mol. The number of primary amides is 1. The summed E-state index contributed by atoms with van der Waals surface area (Å²) in [6, 6.07) is 0. The van der Waals surface area contributed by atoms with E-state index >= 15 is 0 Å². The summed E-state index contributed by atoms with van der Waals surface area (Å²) in [6.45, 7) is 0. The highest BCUT2D eigenvalue weighted by Gasteiger charge is 2.42. The van der Waals surface area contributed by atoms with Crippen LogP contribution >= 0.6 is 15.9 Å². The zero-order valence-electron chi connectivity index (χ0n) is 4.13. The summed E-state index contributed by atoms with van der Waals surface area (Å²) in [6.07, 6.45) is -0.290. The summed E-state index contributed by atoms with van der Waals surface area (Å²) in [4.78, 5) is 10.2. The minimum Gasteiger partial charge on any atom is -0.367 e. The highest BCUT2D eigenvalue weighted by atomic mass is 79.9. The second kappa shape index (κ2) is 2.03. The molecular formula is C4H6BrNO2. The lowest BCUT2D eigenvalue weighted by molar-refractivity contribution is -0.119. The number of carbonyl (C=O) groups is 1. The lowest BCUT2D eigenvalue weighted by Crippen LogP contribution is -2.19. The summed E-state index contributed by atoms with van der Waals surface area (Å²) in [7, 11) is 0. The number of carbonyl (C=O) groups excluding carboxylic acids is 1. The molecule has 0 unspecified atom stereocenters. The Balaban J connectivity index is 2.26. The fourth-order valence-electron chi connectivity index (χ4n) is 0.511. The predicted molar refractivity (Wildman–Crippen MR) is 31.6 cm³/mol. The van der Waals surface area contributed by atoms with E-state index in [9.17, 15) is 4.79 Å². The van der Waals surface area contributed by atoms with Crippen molar-refractivity contribution < 1.29 is 9.53 Å². The van der Waals surface area contributed by atoms with Crippen molar-refractivity contribution in [1.82, 2.24) is 0 Å². The van der Waals surface area contributed by atoms with Crippen LogP contribution in [0.15, 0.2) is 0 Å². The molecule has 2 atom stereocenters. The Bertz CT molecular complexity index is 117. The van der Waals surface area contributed by atoms with Gasteiger partial charge in [0.2, 0.25) is 5.91 Å². The summed E-state index contributed by atoms with van der Waals surface area (Å²) in [5.41, 5.74) is 4.88. The molecule has 0 aromatic carbocycles. The van der Waals surface area contributed by atoms with E-state index in [4.69, 9.17) is 10.5 Å². The highest BCUT2D eigenvalue weighted by Crippen LogP contribution is 2.22. The number of ether oxygens (including phenoxy) is 1. The van der Waals surface area contributed by atoms with E-state index in [0.29, 0.717) is 5.33 Å². The van der Waals surface area contributed by atoms with Crippen molar-refractivity contribution in [3.8, 4) is 0 Å². The number of amides is 1.